The Morgan fingerprint density at radius 1 is 1.38 bits per heavy atom. The molecule has 21 heavy (non-hydrogen) atoms. The molecule has 0 radical (unpaired) electrons. The van der Waals surface area contributed by atoms with Crippen molar-refractivity contribution in [2.75, 3.05) is 5.32 Å². The van der Waals surface area contributed by atoms with E-state index in [0.717, 1.165) is 12.1 Å². The van der Waals surface area contributed by atoms with Crippen LogP contribution in [0.4, 0.5) is 16.0 Å². The lowest BCUT2D eigenvalue weighted by Crippen LogP contribution is -2.16. The highest BCUT2D eigenvalue weighted by atomic mass is 35.5. The summed E-state index contributed by atoms with van der Waals surface area (Å²) in [7, 11) is 0. The van der Waals surface area contributed by atoms with E-state index in [1.54, 1.807) is 6.92 Å². The second kappa shape index (κ2) is 5.80. The van der Waals surface area contributed by atoms with Crippen molar-refractivity contribution >= 4 is 29.1 Å². The maximum atomic E-state index is 13.0. The number of halogens is 2. The number of aromatic nitrogens is 2. The minimum absolute atomic E-state index is 0.0939. The van der Waals surface area contributed by atoms with E-state index in [1.807, 2.05) is 0 Å². The van der Waals surface area contributed by atoms with Crippen molar-refractivity contribution in [2.45, 2.75) is 6.92 Å². The number of hydrogen-bond acceptors (Lipinski definition) is 5. The molecule has 1 aromatic heterocycles. The molecule has 1 aromatic carbocycles. The van der Waals surface area contributed by atoms with E-state index in [2.05, 4.69) is 15.3 Å². The van der Waals surface area contributed by atoms with Crippen LogP contribution in [0.5, 0.6) is 0 Å². The van der Waals surface area contributed by atoms with Crippen LogP contribution < -0.4 is 5.32 Å². The van der Waals surface area contributed by atoms with Gasteiger partial charge in [-0.3, -0.25) is 20.2 Å². The number of hydrogen-bond donors (Lipinski definition) is 1. The van der Waals surface area contributed by atoms with E-state index >= 15 is 0 Å². The van der Waals surface area contributed by atoms with Gasteiger partial charge in [-0.25, -0.2) is 14.4 Å². The van der Waals surface area contributed by atoms with Gasteiger partial charge in [0.2, 0.25) is 5.95 Å². The first-order valence-corrected chi connectivity index (χ1v) is 6.01. The monoisotopic (exact) mass is 310 g/mol. The van der Waals surface area contributed by atoms with Crippen molar-refractivity contribution in [2.24, 2.45) is 0 Å². The number of carbonyl (C=O) groups is 1. The molecule has 0 saturated heterocycles. The summed E-state index contributed by atoms with van der Waals surface area (Å²) in [6.07, 6.45) is 0. The minimum Gasteiger partial charge on any atom is -0.290 e. The molecule has 9 heteroatoms. The lowest BCUT2D eigenvalue weighted by Gasteiger charge is -2.05. The van der Waals surface area contributed by atoms with Crippen LogP contribution in [0.15, 0.2) is 24.3 Å². The fourth-order valence-corrected chi connectivity index (χ4v) is 1.84. The molecule has 108 valence electrons. The summed E-state index contributed by atoms with van der Waals surface area (Å²) in [5, 5.41) is 13.2. The molecule has 0 atom stereocenters. The van der Waals surface area contributed by atoms with E-state index in [1.165, 1.54) is 6.07 Å². The molecule has 7 nitrogen and oxygen atoms in total. The summed E-state index contributed by atoms with van der Waals surface area (Å²) in [6.45, 7) is 1.64. The van der Waals surface area contributed by atoms with Crippen molar-refractivity contribution in [1.29, 1.82) is 0 Å². The zero-order chi connectivity index (χ0) is 15.6. The van der Waals surface area contributed by atoms with E-state index in [9.17, 15) is 19.3 Å². The number of rotatable bonds is 3. The third kappa shape index (κ3) is 3.48. The molecule has 0 aliphatic rings. The average molecular weight is 311 g/mol. The molecule has 0 aliphatic carbocycles. The minimum atomic E-state index is -0.845. The van der Waals surface area contributed by atoms with Gasteiger partial charge in [0, 0.05) is 5.69 Å². The standard InChI is InChI=1S/C12H8ClFN4O3/c1-6-4-10(13)16-12(15-6)17-11(19)8-3-2-7(14)5-9(8)18(20)21/h2-5H,1H3,(H,15,16,17,19). The van der Waals surface area contributed by atoms with Crippen LogP contribution >= 0.6 is 11.6 Å². The maximum Gasteiger partial charge on any atom is 0.285 e. The van der Waals surface area contributed by atoms with Gasteiger partial charge < -0.3 is 0 Å². The molecule has 0 saturated carbocycles. The van der Waals surface area contributed by atoms with Crippen molar-refractivity contribution < 1.29 is 14.1 Å². The molecule has 0 spiro atoms. The summed E-state index contributed by atoms with van der Waals surface area (Å²) in [5.41, 5.74) is -0.437. The zero-order valence-electron chi connectivity index (χ0n) is 10.6. The molecule has 2 rings (SSSR count). The number of nitrogens with zero attached hydrogens (tertiary/aromatic N) is 3. The van der Waals surface area contributed by atoms with Gasteiger partial charge in [0.15, 0.2) is 0 Å². The van der Waals surface area contributed by atoms with Crippen LogP contribution in [0.25, 0.3) is 0 Å². The molecule has 0 fully saturated rings. The van der Waals surface area contributed by atoms with Gasteiger partial charge in [-0.1, -0.05) is 11.6 Å². The van der Waals surface area contributed by atoms with Gasteiger partial charge >= 0.3 is 0 Å². The highest BCUT2D eigenvalue weighted by Gasteiger charge is 2.21. The van der Waals surface area contributed by atoms with Crippen molar-refractivity contribution in [1.82, 2.24) is 9.97 Å². The average Bonchev–Trinajstić information content (AvgIpc) is 2.36. The van der Waals surface area contributed by atoms with E-state index < -0.39 is 22.3 Å². The van der Waals surface area contributed by atoms with Crippen LogP contribution in [0, 0.1) is 22.9 Å². The summed E-state index contributed by atoms with van der Waals surface area (Å²) in [5.74, 6) is -1.74. The van der Waals surface area contributed by atoms with Crippen molar-refractivity contribution in [3.05, 3.63) is 56.6 Å². The topological polar surface area (TPSA) is 98.0 Å². The van der Waals surface area contributed by atoms with Gasteiger partial charge in [0.05, 0.1) is 11.0 Å². The number of aryl methyl sites for hydroxylation is 1. The quantitative estimate of drug-likeness (QED) is 0.534. The zero-order valence-corrected chi connectivity index (χ0v) is 11.4. The molecule has 1 heterocycles. The smallest absolute Gasteiger partial charge is 0.285 e. The molecule has 1 N–H and O–H groups in total. The van der Waals surface area contributed by atoms with Crippen LogP contribution in [0.2, 0.25) is 5.15 Å². The van der Waals surface area contributed by atoms with E-state index in [-0.39, 0.29) is 16.7 Å². The van der Waals surface area contributed by atoms with Crippen LogP contribution in [0.1, 0.15) is 16.1 Å². The number of anilines is 1. The fraction of sp³-hybridized carbons (Fsp3) is 0.0833. The summed E-state index contributed by atoms with van der Waals surface area (Å²) >= 11 is 5.72. The molecule has 1 amide bonds. The number of nitro benzene ring substituents is 1. The highest BCUT2D eigenvalue weighted by molar-refractivity contribution is 6.29. The number of carbonyl (C=O) groups excluding carboxylic acids is 1. The Morgan fingerprint density at radius 3 is 2.71 bits per heavy atom. The number of nitrogens with one attached hydrogen (secondary N) is 1. The molecule has 2 aromatic rings. The van der Waals surface area contributed by atoms with Crippen LogP contribution in [0.3, 0.4) is 0 Å². The summed E-state index contributed by atoms with van der Waals surface area (Å²) in [6, 6.07) is 4.11. The van der Waals surface area contributed by atoms with Crippen LogP contribution in [-0.4, -0.2) is 20.8 Å². The lowest BCUT2D eigenvalue weighted by atomic mass is 10.1. The first-order chi connectivity index (χ1) is 9.86. The first kappa shape index (κ1) is 14.8. The fourth-order valence-electron chi connectivity index (χ4n) is 1.60. The van der Waals surface area contributed by atoms with Gasteiger partial charge in [-0.15, -0.1) is 0 Å². The summed E-state index contributed by atoms with van der Waals surface area (Å²) < 4.78 is 13.0. The van der Waals surface area contributed by atoms with Gasteiger partial charge in [0.1, 0.15) is 16.5 Å². The SMILES string of the molecule is Cc1cc(Cl)nc(NC(=O)c2ccc(F)cc2[N+](=O)[O-])n1. The molecule has 0 bridgehead atoms. The van der Waals surface area contributed by atoms with E-state index in [4.69, 9.17) is 11.6 Å². The molecule has 0 unspecified atom stereocenters. The Bertz CT molecular complexity index is 718. The van der Waals surface area contributed by atoms with E-state index in [0.29, 0.717) is 11.8 Å². The Hall–Kier alpha value is -2.61. The molecular weight excluding hydrogens is 303 g/mol. The Labute approximate surface area is 122 Å². The molecular formula is C12H8ClFN4O3. The number of benzene rings is 1. The Morgan fingerprint density at radius 2 is 2.10 bits per heavy atom. The number of amides is 1. The third-order valence-corrected chi connectivity index (χ3v) is 2.64. The first-order valence-electron chi connectivity index (χ1n) is 5.63. The van der Waals surface area contributed by atoms with Crippen LogP contribution in [-0.2, 0) is 0 Å². The predicted octanol–water partition coefficient (Wildman–Crippen LogP) is 2.74. The highest BCUT2D eigenvalue weighted by Crippen LogP contribution is 2.21. The largest absolute Gasteiger partial charge is 0.290 e. The second-order valence-corrected chi connectivity index (χ2v) is 4.42. The number of nitro groups is 1. The van der Waals surface area contributed by atoms with Crippen molar-refractivity contribution in [3.8, 4) is 0 Å². The Balaban J connectivity index is 2.34. The lowest BCUT2D eigenvalue weighted by molar-refractivity contribution is -0.385. The van der Waals surface area contributed by atoms with Gasteiger partial charge in [-0.2, -0.15) is 0 Å². The molecule has 0 aliphatic heterocycles. The third-order valence-electron chi connectivity index (χ3n) is 2.45. The second-order valence-electron chi connectivity index (χ2n) is 4.03. The normalized spacial score (nSPS) is 10.2. The Kier molecular flexibility index (Phi) is 4.08. The predicted molar refractivity (Wildman–Crippen MR) is 72.8 cm³/mol. The summed E-state index contributed by atoms with van der Waals surface area (Å²) in [4.78, 5) is 29.7. The van der Waals surface area contributed by atoms with Crippen molar-refractivity contribution in [3.63, 3.8) is 0 Å². The van der Waals surface area contributed by atoms with Gasteiger partial charge in [-0.05, 0) is 25.1 Å². The van der Waals surface area contributed by atoms with Gasteiger partial charge in [0.25, 0.3) is 11.6 Å². The maximum absolute atomic E-state index is 13.0.